The molecule has 1 heterocycles. The van der Waals surface area contributed by atoms with Gasteiger partial charge in [-0.3, -0.25) is 9.78 Å². The fourth-order valence-electron chi connectivity index (χ4n) is 1.37. The molecule has 0 aliphatic rings. The van der Waals surface area contributed by atoms with Gasteiger partial charge in [-0.05, 0) is 17.7 Å². The van der Waals surface area contributed by atoms with Crippen LogP contribution in [0.2, 0.25) is 10.0 Å². The summed E-state index contributed by atoms with van der Waals surface area (Å²) in [6, 6.07) is 5.05. The molecule has 0 saturated carbocycles. The van der Waals surface area contributed by atoms with Crippen LogP contribution in [0.15, 0.2) is 36.8 Å². The third kappa shape index (κ3) is 3.02. The van der Waals surface area contributed by atoms with E-state index in [1.54, 1.807) is 18.2 Å². The molecule has 0 N–H and O–H groups in total. The molecule has 1 aromatic carbocycles. The SMILES string of the molecule is O=C(Cc1ccc(Cl)cc1Cl)c1cnccn1. The van der Waals surface area contributed by atoms with E-state index in [2.05, 4.69) is 9.97 Å². The van der Waals surface area contributed by atoms with Crippen molar-refractivity contribution in [2.24, 2.45) is 0 Å². The molecule has 2 rings (SSSR count). The fraction of sp³-hybridized carbons (Fsp3) is 0.0833. The van der Waals surface area contributed by atoms with Crippen molar-refractivity contribution in [2.45, 2.75) is 6.42 Å². The maximum atomic E-state index is 11.9. The molecule has 5 heteroatoms. The summed E-state index contributed by atoms with van der Waals surface area (Å²) >= 11 is 11.8. The number of Topliss-reactive ketones (excluding diaryl/α,β-unsaturated/α-hetero) is 1. The Kier molecular flexibility index (Phi) is 3.71. The lowest BCUT2D eigenvalue weighted by Gasteiger charge is -2.03. The minimum Gasteiger partial charge on any atom is -0.292 e. The van der Waals surface area contributed by atoms with Crippen LogP contribution in [0.5, 0.6) is 0 Å². The molecule has 2 aromatic rings. The first kappa shape index (κ1) is 12.0. The fourth-order valence-corrected chi connectivity index (χ4v) is 1.85. The van der Waals surface area contributed by atoms with Crippen LogP contribution in [-0.2, 0) is 6.42 Å². The lowest BCUT2D eigenvalue weighted by atomic mass is 10.1. The lowest BCUT2D eigenvalue weighted by molar-refractivity contribution is 0.0988. The minimum absolute atomic E-state index is 0.123. The van der Waals surface area contributed by atoms with Gasteiger partial charge in [-0.2, -0.15) is 0 Å². The zero-order chi connectivity index (χ0) is 12.3. The van der Waals surface area contributed by atoms with Gasteiger partial charge in [0.25, 0.3) is 0 Å². The summed E-state index contributed by atoms with van der Waals surface area (Å²) in [6.45, 7) is 0. The molecule has 86 valence electrons. The van der Waals surface area contributed by atoms with E-state index in [-0.39, 0.29) is 12.2 Å². The summed E-state index contributed by atoms with van der Waals surface area (Å²) in [5, 5.41) is 1.03. The number of carbonyl (C=O) groups excluding carboxylic acids is 1. The van der Waals surface area contributed by atoms with E-state index in [0.717, 1.165) is 5.56 Å². The molecule has 0 aliphatic carbocycles. The van der Waals surface area contributed by atoms with Gasteiger partial charge >= 0.3 is 0 Å². The van der Waals surface area contributed by atoms with Crippen LogP contribution >= 0.6 is 23.2 Å². The Morgan fingerprint density at radius 3 is 2.71 bits per heavy atom. The molecular formula is C12H8Cl2N2O. The predicted octanol–water partition coefficient (Wildman–Crippen LogP) is 3.21. The van der Waals surface area contributed by atoms with Gasteiger partial charge < -0.3 is 0 Å². The van der Waals surface area contributed by atoms with Gasteiger partial charge in [-0.1, -0.05) is 29.3 Å². The second-order valence-corrected chi connectivity index (χ2v) is 4.27. The highest BCUT2D eigenvalue weighted by atomic mass is 35.5. The van der Waals surface area contributed by atoms with Gasteiger partial charge in [0, 0.05) is 28.9 Å². The number of ketones is 1. The van der Waals surface area contributed by atoms with Gasteiger partial charge in [0.05, 0.1) is 6.20 Å². The van der Waals surface area contributed by atoms with Crippen LogP contribution in [0.25, 0.3) is 0 Å². The molecule has 17 heavy (non-hydrogen) atoms. The standard InChI is InChI=1S/C12H8Cl2N2O/c13-9-2-1-8(10(14)6-9)5-12(17)11-7-15-3-4-16-11/h1-4,6-7H,5H2. The van der Waals surface area contributed by atoms with Gasteiger partial charge in [-0.25, -0.2) is 4.98 Å². The van der Waals surface area contributed by atoms with Crippen molar-refractivity contribution in [1.82, 2.24) is 9.97 Å². The molecule has 0 saturated heterocycles. The summed E-state index contributed by atoms with van der Waals surface area (Å²) in [5.41, 5.74) is 1.06. The number of hydrogen-bond acceptors (Lipinski definition) is 3. The van der Waals surface area contributed by atoms with Crippen molar-refractivity contribution in [3.63, 3.8) is 0 Å². The number of carbonyl (C=O) groups is 1. The Morgan fingerprint density at radius 1 is 1.24 bits per heavy atom. The second-order valence-electron chi connectivity index (χ2n) is 3.43. The van der Waals surface area contributed by atoms with Crippen LogP contribution in [0, 0.1) is 0 Å². The van der Waals surface area contributed by atoms with Crippen molar-refractivity contribution in [3.05, 3.63) is 58.1 Å². The Bertz CT molecular complexity index is 543. The third-order valence-electron chi connectivity index (χ3n) is 2.21. The predicted molar refractivity (Wildman–Crippen MR) is 66.5 cm³/mol. The molecule has 0 radical (unpaired) electrons. The number of rotatable bonds is 3. The summed E-state index contributed by atoms with van der Waals surface area (Å²) in [7, 11) is 0. The van der Waals surface area contributed by atoms with Gasteiger partial charge in [0.15, 0.2) is 5.78 Å². The first-order valence-electron chi connectivity index (χ1n) is 4.90. The van der Waals surface area contributed by atoms with E-state index in [9.17, 15) is 4.79 Å². The van der Waals surface area contributed by atoms with Crippen molar-refractivity contribution < 1.29 is 4.79 Å². The Balaban J connectivity index is 2.19. The van der Waals surface area contributed by atoms with E-state index in [0.29, 0.717) is 15.7 Å². The summed E-state index contributed by atoms with van der Waals surface area (Å²) in [4.78, 5) is 19.6. The Morgan fingerprint density at radius 2 is 2.06 bits per heavy atom. The molecule has 0 atom stereocenters. The van der Waals surface area contributed by atoms with Crippen LogP contribution in [-0.4, -0.2) is 15.8 Å². The molecule has 0 fully saturated rings. The van der Waals surface area contributed by atoms with E-state index in [1.165, 1.54) is 18.6 Å². The van der Waals surface area contributed by atoms with Gasteiger partial charge in [0.2, 0.25) is 0 Å². The zero-order valence-electron chi connectivity index (χ0n) is 8.73. The van der Waals surface area contributed by atoms with E-state index in [4.69, 9.17) is 23.2 Å². The molecule has 0 spiro atoms. The molecule has 0 aliphatic heterocycles. The monoisotopic (exact) mass is 266 g/mol. The van der Waals surface area contributed by atoms with Crippen molar-refractivity contribution in [2.75, 3.05) is 0 Å². The number of benzene rings is 1. The van der Waals surface area contributed by atoms with Crippen LogP contribution in [0.4, 0.5) is 0 Å². The summed E-state index contributed by atoms with van der Waals surface area (Å²) < 4.78 is 0. The molecule has 0 bridgehead atoms. The van der Waals surface area contributed by atoms with E-state index >= 15 is 0 Å². The number of halogens is 2. The van der Waals surface area contributed by atoms with Gasteiger partial charge in [0.1, 0.15) is 5.69 Å². The molecule has 1 aromatic heterocycles. The number of aromatic nitrogens is 2. The molecular weight excluding hydrogens is 259 g/mol. The maximum Gasteiger partial charge on any atom is 0.187 e. The maximum absolute atomic E-state index is 11.9. The van der Waals surface area contributed by atoms with E-state index < -0.39 is 0 Å². The smallest absolute Gasteiger partial charge is 0.187 e. The second kappa shape index (κ2) is 5.25. The summed E-state index contributed by atoms with van der Waals surface area (Å²) in [5.74, 6) is -0.123. The zero-order valence-corrected chi connectivity index (χ0v) is 10.2. The first-order valence-corrected chi connectivity index (χ1v) is 5.65. The van der Waals surface area contributed by atoms with Gasteiger partial charge in [-0.15, -0.1) is 0 Å². The third-order valence-corrected chi connectivity index (χ3v) is 2.80. The topological polar surface area (TPSA) is 42.9 Å². The Labute approximate surface area is 108 Å². The number of hydrogen-bond donors (Lipinski definition) is 0. The molecule has 3 nitrogen and oxygen atoms in total. The minimum atomic E-state index is -0.123. The van der Waals surface area contributed by atoms with Crippen LogP contribution in [0.1, 0.15) is 16.1 Å². The highest BCUT2D eigenvalue weighted by Crippen LogP contribution is 2.22. The highest BCUT2D eigenvalue weighted by Gasteiger charge is 2.11. The largest absolute Gasteiger partial charge is 0.292 e. The molecule has 0 amide bonds. The summed E-state index contributed by atoms with van der Waals surface area (Å²) in [6.07, 6.45) is 4.63. The van der Waals surface area contributed by atoms with Crippen molar-refractivity contribution in [3.8, 4) is 0 Å². The molecule has 0 unspecified atom stereocenters. The highest BCUT2D eigenvalue weighted by molar-refractivity contribution is 6.35. The normalized spacial score (nSPS) is 10.2. The van der Waals surface area contributed by atoms with Crippen molar-refractivity contribution >= 4 is 29.0 Å². The van der Waals surface area contributed by atoms with E-state index in [1.807, 2.05) is 0 Å². The average molecular weight is 267 g/mol. The van der Waals surface area contributed by atoms with Crippen molar-refractivity contribution in [1.29, 1.82) is 0 Å². The average Bonchev–Trinajstić information content (AvgIpc) is 2.34. The quantitative estimate of drug-likeness (QED) is 0.802. The first-order chi connectivity index (χ1) is 8.16. The Hall–Kier alpha value is -1.45. The van der Waals surface area contributed by atoms with Crippen LogP contribution < -0.4 is 0 Å². The lowest BCUT2D eigenvalue weighted by Crippen LogP contribution is -2.06. The number of nitrogens with zero attached hydrogens (tertiary/aromatic N) is 2. The van der Waals surface area contributed by atoms with Crippen LogP contribution in [0.3, 0.4) is 0 Å².